The van der Waals surface area contributed by atoms with Gasteiger partial charge in [-0.15, -0.1) is 0 Å². The van der Waals surface area contributed by atoms with E-state index < -0.39 is 0 Å². The Bertz CT molecular complexity index is 625. The maximum atomic E-state index is 3.56. The average Bonchev–Trinajstić information content (AvgIpc) is 2.81. The molecule has 0 saturated heterocycles. The van der Waals surface area contributed by atoms with Gasteiger partial charge in [-0.2, -0.15) is 0 Å². The van der Waals surface area contributed by atoms with Crippen LogP contribution in [0.25, 0.3) is 16.5 Å². The molecule has 0 fully saturated rings. The Kier molecular flexibility index (Phi) is 3.50. The average molecular weight is 319 g/mol. The minimum absolute atomic E-state index is 0.634. The smallest absolute Gasteiger partial charge is 0.0461 e. The molecule has 100 valence electrons. The highest BCUT2D eigenvalue weighted by Crippen LogP contribution is 2.31. The van der Waals surface area contributed by atoms with Crippen LogP contribution in [-0.4, -0.2) is 29.0 Å². The molecule has 1 aromatic heterocycles. The van der Waals surface area contributed by atoms with Crippen molar-refractivity contribution in [1.29, 1.82) is 0 Å². The predicted molar refractivity (Wildman–Crippen MR) is 85.3 cm³/mol. The molecule has 0 aliphatic carbocycles. The standard InChI is InChI=1S/C16H19BrN2/c1-11(2)19-7-5-12(6-8-19)15-10-18-16-4-3-13(17)9-14(15)16/h3-5,9-11,18H,6-8H2,1-2H3. The van der Waals surface area contributed by atoms with Crippen molar-refractivity contribution < 1.29 is 0 Å². The molecule has 2 aromatic rings. The molecule has 0 amide bonds. The summed E-state index contributed by atoms with van der Waals surface area (Å²) in [5, 5.41) is 1.32. The van der Waals surface area contributed by atoms with Crippen LogP contribution in [0, 0.1) is 0 Å². The van der Waals surface area contributed by atoms with Crippen molar-refractivity contribution in [3.05, 3.63) is 40.5 Å². The number of benzene rings is 1. The van der Waals surface area contributed by atoms with Crippen molar-refractivity contribution in [1.82, 2.24) is 9.88 Å². The van der Waals surface area contributed by atoms with Crippen LogP contribution in [0.4, 0.5) is 0 Å². The van der Waals surface area contributed by atoms with Gasteiger partial charge in [-0.05, 0) is 44.0 Å². The van der Waals surface area contributed by atoms with E-state index in [1.165, 1.54) is 22.0 Å². The highest BCUT2D eigenvalue weighted by molar-refractivity contribution is 9.10. The zero-order chi connectivity index (χ0) is 13.4. The van der Waals surface area contributed by atoms with E-state index >= 15 is 0 Å². The maximum absolute atomic E-state index is 3.56. The van der Waals surface area contributed by atoms with E-state index in [-0.39, 0.29) is 0 Å². The van der Waals surface area contributed by atoms with Crippen molar-refractivity contribution in [3.8, 4) is 0 Å². The lowest BCUT2D eigenvalue weighted by molar-refractivity contribution is 0.245. The normalized spacial score (nSPS) is 17.2. The minimum atomic E-state index is 0.634. The second-order valence-electron chi connectivity index (χ2n) is 5.46. The van der Waals surface area contributed by atoms with Gasteiger partial charge in [-0.25, -0.2) is 0 Å². The van der Waals surface area contributed by atoms with Gasteiger partial charge in [0.2, 0.25) is 0 Å². The fourth-order valence-corrected chi connectivity index (χ4v) is 3.12. The second kappa shape index (κ2) is 5.14. The van der Waals surface area contributed by atoms with Gasteiger partial charge in [0.15, 0.2) is 0 Å². The van der Waals surface area contributed by atoms with Crippen LogP contribution in [0.2, 0.25) is 0 Å². The Hall–Kier alpha value is -1.06. The Labute approximate surface area is 122 Å². The zero-order valence-corrected chi connectivity index (χ0v) is 13.0. The number of H-pyrrole nitrogens is 1. The number of hydrogen-bond acceptors (Lipinski definition) is 1. The van der Waals surface area contributed by atoms with Gasteiger partial charge in [0.05, 0.1) is 0 Å². The molecule has 0 unspecified atom stereocenters. The maximum Gasteiger partial charge on any atom is 0.0461 e. The molecular weight excluding hydrogens is 300 g/mol. The summed E-state index contributed by atoms with van der Waals surface area (Å²) >= 11 is 3.56. The summed E-state index contributed by atoms with van der Waals surface area (Å²) in [5.74, 6) is 0. The highest BCUT2D eigenvalue weighted by Gasteiger charge is 2.17. The Balaban J connectivity index is 1.95. The van der Waals surface area contributed by atoms with Crippen LogP contribution in [0.15, 0.2) is 34.9 Å². The summed E-state index contributed by atoms with van der Waals surface area (Å²) in [5.41, 5.74) is 4.05. The number of nitrogens with one attached hydrogen (secondary N) is 1. The molecule has 0 atom stereocenters. The molecule has 1 N–H and O–H groups in total. The lowest BCUT2D eigenvalue weighted by Crippen LogP contribution is -2.34. The Morgan fingerprint density at radius 2 is 2.16 bits per heavy atom. The van der Waals surface area contributed by atoms with E-state index in [0.29, 0.717) is 6.04 Å². The van der Waals surface area contributed by atoms with Crippen molar-refractivity contribution >= 4 is 32.4 Å². The number of fused-ring (bicyclic) bond motifs is 1. The molecule has 1 aliphatic rings. The number of nitrogens with zero attached hydrogens (tertiary/aromatic N) is 1. The van der Waals surface area contributed by atoms with Crippen molar-refractivity contribution in [2.75, 3.05) is 13.1 Å². The molecule has 0 spiro atoms. The van der Waals surface area contributed by atoms with Gasteiger partial charge < -0.3 is 4.98 Å². The molecule has 19 heavy (non-hydrogen) atoms. The first-order valence-corrected chi connectivity index (χ1v) is 7.64. The summed E-state index contributed by atoms with van der Waals surface area (Å²) in [6.07, 6.45) is 5.67. The first-order chi connectivity index (χ1) is 9.15. The van der Waals surface area contributed by atoms with Crippen LogP contribution in [-0.2, 0) is 0 Å². The molecular formula is C16H19BrN2. The van der Waals surface area contributed by atoms with Crippen LogP contribution in [0.3, 0.4) is 0 Å². The number of halogens is 1. The van der Waals surface area contributed by atoms with Crippen LogP contribution in [0.1, 0.15) is 25.8 Å². The van der Waals surface area contributed by atoms with E-state index in [4.69, 9.17) is 0 Å². The molecule has 3 heteroatoms. The molecule has 1 aromatic carbocycles. The van der Waals surface area contributed by atoms with Gasteiger partial charge in [0, 0.05) is 46.3 Å². The molecule has 0 bridgehead atoms. The van der Waals surface area contributed by atoms with Crippen LogP contribution < -0.4 is 0 Å². The van der Waals surface area contributed by atoms with Gasteiger partial charge in [-0.3, -0.25) is 4.90 Å². The van der Waals surface area contributed by atoms with E-state index in [1.807, 2.05) is 0 Å². The van der Waals surface area contributed by atoms with Gasteiger partial charge in [0.1, 0.15) is 0 Å². The van der Waals surface area contributed by atoms with E-state index in [0.717, 1.165) is 24.0 Å². The van der Waals surface area contributed by atoms with Gasteiger partial charge >= 0.3 is 0 Å². The Morgan fingerprint density at radius 3 is 2.84 bits per heavy atom. The topological polar surface area (TPSA) is 19.0 Å². The Morgan fingerprint density at radius 1 is 1.32 bits per heavy atom. The summed E-state index contributed by atoms with van der Waals surface area (Å²) < 4.78 is 1.14. The third kappa shape index (κ3) is 2.49. The van der Waals surface area contributed by atoms with Crippen LogP contribution >= 0.6 is 15.9 Å². The third-order valence-electron chi connectivity index (χ3n) is 3.96. The second-order valence-corrected chi connectivity index (χ2v) is 6.38. The molecule has 2 heterocycles. The molecule has 2 nitrogen and oxygen atoms in total. The third-order valence-corrected chi connectivity index (χ3v) is 4.45. The molecule has 0 radical (unpaired) electrons. The van der Waals surface area contributed by atoms with Crippen molar-refractivity contribution in [2.45, 2.75) is 26.3 Å². The number of aromatic amines is 1. The minimum Gasteiger partial charge on any atom is -0.361 e. The van der Waals surface area contributed by atoms with E-state index in [1.54, 1.807) is 0 Å². The lowest BCUT2D eigenvalue weighted by atomic mass is 9.98. The van der Waals surface area contributed by atoms with Gasteiger partial charge in [-0.1, -0.05) is 22.0 Å². The monoisotopic (exact) mass is 318 g/mol. The zero-order valence-electron chi connectivity index (χ0n) is 11.4. The fourth-order valence-electron chi connectivity index (χ4n) is 2.76. The lowest BCUT2D eigenvalue weighted by Gasteiger charge is -2.29. The first-order valence-electron chi connectivity index (χ1n) is 6.85. The summed E-state index contributed by atoms with van der Waals surface area (Å²) in [6.45, 7) is 6.75. The predicted octanol–water partition coefficient (Wildman–Crippen LogP) is 4.43. The van der Waals surface area contributed by atoms with E-state index in [2.05, 4.69) is 70.1 Å². The highest BCUT2D eigenvalue weighted by atomic mass is 79.9. The van der Waals surface area contributed by atoms with Crippen molar-refractivity contribution in [2.24, 2.45) is 0 Å². The van der Waals surface area contributed by atoms with Gasteiger partial charge in [0.25, 0.3) is 0 Å². The molecule has 3 rings (SSSR count). The SMILES string of the molecule is CC(C)N1CC=C(c2c[nH]c3ccc(Br)cc23)CC1. The number of rotatable bonds is 2. The summed E-state index contributed by atoms with van der Waals surface area (Å²) in [4.78, 5) is 5.88. The first kappa shape index (κ1) is 12.9. The number of hydrogen-bond donors (Lipinski definition) is 1. The quantitative estimate of drug-likeness (QED) is 0.868. The van der Waals surface area contributed by atoms with Crippen molar-refractivity contribution in [3.63, 3.8) is 0 Å². The summed E-state index contributed by atoms with van der Waals surface area (Å²) in [6, 6.07) is 7.05. The molecule has 0 saturated carbocycles. The largest absolute Gasteiger partial charge is 0.361 e. The fraction of sp³-hybridized carbons (Fsp3) is 0.375. The van der Waals surface area contributed by atoms with E-state index in [9.17, 15) is 0 Å². The molecule has 1 aliphatic heterocycles. The number of aromatic nitrogens is 1. The summed E-state index contributed by atoms with van der Waals surface area (Å²) in [7, 11) is 0. The van der Waals surface area contributed by atoms with Crippen LogP contribution in [0.5, 0.6) is 0 Å².